The summed E-state index contributed by atoms with van der Waals surface area (Å²) in [5.41, 5.74) is 0.638. The summed E-state index contributed by atoms with van der Waals surface area (Å²) in [5.74, 6) is 1.12. The van der Waals surface area contributed by atoms with Crippen LogP contribution in [0.5, 0.6) is 11.5 Å². The summed E-state index contributed by atoms with van der Waals surface area (Å²) in [7, 11) is 4.64. The van der Waals surface area contributed by atoms with Crippen LogP contribution in [0.1, 0.15) is 18.6 Å². The molecule has 1 amide bonds. The van der Waals surface area contributed by atoms with E-state index in [9.17, 15) is 9.90 Å². The first kappa shape index (κ1) is 16.1. The number of likely N-dealkylation sites (N-methyl/N-ethyl adjacent to an activating group) is 1. The van der Waals surface area contributed by atoms with Crippen molar-refractivity contribution in [3.8, 4) is 11.5 Å². The molecule has 1 aromatic rings. The minimum absolute atomic E-state index is 0.133. The van der Waals surface area contributed by atoms with Crippen LogP contribution in [0.25, 0.3) is 0 Å². The Morgan fingerprint density at radius 1 is 1.30 bits per heavy atom. The van der Waals surface area contributed by atoms with Crippen LogP contribution >= 0.6 is 0 Å². The monoisotopic (exact) mass is 283 g/mol. The zero-order chi connectivity index (χ0) is 15.1. The number of carbonyl (C=O) groups is 1. The van der Waals surface area contributed by atoms with Crippen molar-refractivity contribution in [3.63, 3.8) is 0 Å². The van der Waals surface area contributed by atoms with Gasteiger partial charge in [-0.1, -0.05) is 6.07 Å². The summed E-state index contributed by atoms with van der Waals surface area (Å²) in [5, 5.41) is 10.1. The van der Waals surface area contributed by atoms with Gasteiger partial charge >= 0.3 is 6.09 Å². The molecular formula is C14H21NO5. The lowest BCUT2D eigenvalue weighted by Crippen LogP contribution is -2.31. The number of rotatable bonds is 6. The van der Waals surface area contributed by atoms with Gasteiger partial charge in [0.15, 0.2) is 11.5 Å². The highest BCUT2D eigenvalue weighted by Gasteiger charge is 2.17. The molecule has 0 aromatic heterocycles. The van der Waals surface area contributed by atoms with E-state index in [4.69, 9.17) is 14.2 Å². The van der Waals surface area contributed by atoms with Gasteiger partial charge in [-0.25, -0.2) is 4.79 Å². The highest BCUT2D eigenvalue weighted by atomic mass is 16.6. The lowest BCUT2D eigenvalue weighted by Gasteiger charge is -2.21. The first-order chi connectivity index (χ1) is 9.53. The molecule has 6 heteroatoms. The van der Waals surface area contributed by atoms with Crippen LogP contribution in [-0.2, 0) is 4.74 Å². The number of nitrogens with zero attached hydrogens (tertiary/aromatic N) is 1. The van der Waals surface area contributed by atoms with Gasteiger partial charge in [0.1, 0.15) is 0 Å². The van der Waals surface area contributed by atoms with E-state index in [2.05, 4.69) is 0 Å². The van der Waals surface area contributed by atoms with Gasteiger partial charge in [0.25, 0.3) is 0 Å². The van der Waals surface area contributed by atoms with Crippen molar-refractivity contribution in [1.29, 1.82) is 0 Å². The molecular weight excluding hydrogens is 262 g/mol. The number of ether oxygens (including phenoxy) is 3. The van der Waals surface area contributed by atoms with Crippen molar-refractivity contribution in [2.45, 2.75) is 13.0 Å². The Morgan fingerprint density at radius 2 is 1.95 bits per heavy atom. The maximum atomic E-state index is 11.5. The van der Waals surface area contributed by atoms with Crippen LogP contribution in [0.15, 0.2) is 18.2 Å². The molecule has 0 saturated heterocycles. The average Bonchev–Trinajstić information content (AvgIpc) is 2.46. The van der Waals surface area contributed by atoms with Crippen LogP contribution in [0.4, 0.5) is 4.79 Å². The maximum absolute atomic E-state index is 11.5. The molecule has 1 N–H and O–H groups in total. The van der Waals surface area contributed by atoms with E-state index in [0.717, 1.165) is 0 Å². The van der Waals surface area contributed by atoms with Crippen LogP contribution in [0.2, 0.25) is 0 Å². The predicted molar refractivity (Wildman–Crippen MR) is 74.2 cm³/mol. The van der Waals surface area contributed by atoms with Crippen molar-refractivity contribution in [1.82, 2.24) is 4.90 Å². The fraction of sp³-hybridized carbons (Fsp3) is 0.500. The van der Waals surface area contributed by atoms with Crippen LogP contribution in [0.3, 0.4) is 0 Å². The van der Waals surface area contributed by atoms with Crippen molar-refractivity contribution in [2.24, 2.45) is 0 Å². The van der Waals surface area contributed by atoms with Gasteiger partial charge < -0.3 is 24.2 Å². The quantitative estimate of drug-likeness (QED) is 0.862. The lowest BCUT2D eigenvalue weighted by molar-refractivity contribution is 0.0861. The van der Waals surface area contributed by atoms with E-state index in [1.807, 2.05) is 0 Å². The first-order valence-electron chi connectivity index (χ1n) is 6.31. The smallest absolute Gasteiger partial charge is 0.409 e. The number of carbonyl (C=O) groups excluding carboxylic acids is 1. The summed E-state index contributed by atoms with van der Waals surface area (Å²) >= 11 is 0. The number of aliphatic hydroxyl groups is 1. The summed E-state index contributed by atoms with van der Waals surface area (Å²) in [6.07, 6.45) is -1.30. The van der Waals surface area contributed by atoms with Crippen molar-refractivity contribution < 1.29 is 24.1 Å². The third kappa shape index (κ3) is 4.03. The summed E-state index contributed by atoms with van der Waals surface area (Å²) < 4.78 is 15.2. The number of hydrogen-bond acceptors (Lipinski definition) is 5. The van der Waals surface area contributed by atoms with Crippen molar-refractivity contribution in [3.05, 3.63) is 23.8 Å². The predicted octanol–water partition coefficient (Wildman–Crippen LogP) is 1.83. The van der Waals surface area contributed by atoms with E-state index in [-0.39, 0.29) is 6.54 Å². The standard InChI is InChI=1S/C14H21NO5/c1-5-20-14(17)15(2)9-11(16)10-6-7-12(18-3)13(8-10)19-4/h6-8,11,16H,5,9H2,1-4H3. The molecule has 0 radical (unpaired) electrons. The molecule has 20 heavy (non-hydrogen) atoms. The molecule has 112 valence electrons. The lowest BCUT2D eigenvalue weighted by atomic mass is 10.1. The van der Waals surface area contributed by atoms with Gasteiger partial charge in [-0.15, -0.1) is 0 Å². The highest BCUT2D eigenvalue weighted by molar-refractivity contribution is 5.67. The molecule has 0 aliphatic heterocycles. The molecule has 1 unspecified atom stereocenters. The van der Waals surface area contributed by atoms with Crippen molar-refractivity contribution >= 4 is 6.09 Å². The van der Waals surface area contributed by atoms with Gasteiger partial charge in [0.05, 0.1) is 33.5 Å². The molecule has 1 rings (SSSR count). The second-order valence-corrected chi connectivity index (χ2v) is 4.21. The Labute approximate surface area is 118 Å². The molecule has 0 bridgehead atoms. The largest absolute Gasteiger partial charge is 0.493 e. The Bertz CT molecular complexity index is 449. The van der Waals surface area contributed by atoms with Crippen LogP contribution in [-0.4, -0.2) is 50.5 Å². The fourth-order valence-corrected chi connectivity index (χ4v) is 1.73. The zero-order valence-corrected chi connectivity index (χ0v) is 12.3. The fourth-order valence-electron chi connectivity index (χ4n) is 1.73. The Balaban J connectivity index is 2.77. The number of hydrogen-bond donors (Lipinski definition) is 1. The summed E-state index contributed by atoms with van der Waals surface area (Å²) in [6.45, 7) is 2.17. The van der Waals surface area contributed by atoms with Crippen LogP contribution < -0.4 is 9.47 Å². The number of amides is 1. The molecule has 0 aliphatic rings. The normalized spacial score (nSPS) is 11.7. The van der Waals surface area contributed by atoms with E-state index in [1.54, 1.807) is 39.3 Å². The van der Waals surface area contributed by atoms with E-state index < -0.39 is 12.2 Å². The van der Waals surface area contributed by atoms with Gasteiger partial charge in [0.2, 0.25) is 0 Å². The molecule has 0 fully saturated rings. The molecule has 0 spiro atoms. The summed E-state index contributed by atoms with van der Waals surface area (Å²) in [4.78, 5) is 12.8. The molecule has 0 heterocycles. The van der Waals surface area contributed by atoms with Gasteiger partial charge in [-0.3, -0.25) is 0 Å². The summed E-state index contributed by atoms with van der Waals surface area (Å²) in [6, 6.07) is 5.12. The second kappa shape index (κ2) is 7.59. The number of benzene rings is 1. The Morgan fingerprint density at radius 3 is 2.50 bits per heavy atom. The third-order valence-electron chi connectivity index (χ3n) is 2.82. The van der Waals surface area contributed by atoms with E-state index >= 15 is 0 Å². The minimum Gasteiger partial charge on any atom is -0.493 e. The van der Waals surface area contributed by atoms with E-state index in [1.165, 1.54) is 12.0 Å². The first-order valence-corrected chi connectivity index (χ1v) is 6.31. The topological polar surface area (TPSA) is 68.2 Å². The second-order valence-electron chi connectivity index (χ2n) is 4.21. The minimum atomic E-state index is -0.829. The zero-order valence-electron chi connectivity index (χ0n) is 12.3. The number of methoxy groups -OCH3 is 2. The van der Waals surface area contributed by atoms with Gasteiger partial charge in [-0.05, 0) is 24.6 Å². The molecule has 1 aromatic carbocycles. The molecule has 6 nitrogen and oxygen atoms in total. The van der Waals surface area contributed by atoms with Gasteiger partial charge in [0, 0.05) is 7.05 Å². The molecule has 0 saturated carbocycles. The molecule has 0 aliphatic carbocycles. The Hall–Kier alpha value is -1.95. The van der Waals surface area contributed by atoms with Gasteiger partial charge in [-0.2, -0.15) is 0 Å². The maximum Gasteiger partial charge on any atom is 0.409 e. The van der Waals surface area contributed by atoms with Crippen LogP contribution in [0, 0.1) is 0 Å². The Kier molecular flexibility index (Phi) is 6.11. The number of aliphatic hydroxyl groups excluding tert-OH is 1. The SMILES string of the molecule is CCOC(=O)N(C)CC(O)c1ccc(OC)c(OC)c1. The third-order valence-corrected chi connectivity index (χ3v) is 2.82. The van der Waals surface area contributed by atoms with Crippen molar-refractivity contribution in [2.75, 3.05) is 34.4 Å². The molecule has 1 atom stereocenters. The highest BCUT2D eigenvalue weighted by Crippen LogP contribution is 2.30. The average molecular weight is 283 g/mol. The van der Waals surface area contributed by atoms with E-state index in [0.29, 0.717) is 23.7 Å².